The number of esters is 1. The molecule has 1 N–H and O–H groups in total. The number of carbonyl (C=O) groups excluding carboxylic acids is 1. The van der Waals surface area contributed by atoms with Crippen molar-refractivity contribution in [2.24, 2.45) is 0 Å². The highest BCUT2D eigenvalue weighted by molar-refractivity contribution is 6.31. The first-order valence-corrected chi connectivity index (χ1v) is 7.11. The van der Waals surface area contributed by atoms with Crippen LogP contribution in [0.2, 0.25) is 5.02 Å². The fourth-order valence-corrected chi connectivity index (χ4v) is 2.31. The van der Waals surface area contributed by atoms with Crippen LogP contribution in [-0.2, 0) is 17.7 Å². The predicted octanol–water partition coefficient (Wildman–Crippen LogP) is 3.44. The number of methoxy groups -OCH3 is 1. The Morgan fingerprint density at radius 1 is 1.33 bits per heavy atom. The van der Waals surface area contributed by atoms with E-state index in [1.54, 1.807) is 6.07 Å². The van der Waals surface area contributed by atoms with Gasteiger partial charge >= 0.3 is 5.97 Å². The standard InChI is InChI=1S/C16H18ClNO3/c1-11(9-12-5-3-4-6-14(12)17)18-10-13-7-8-21-15(13)16(19)20-2/h3-8,11,18H,9-10H2,1-2H3. The van der Waals surface area contributed by atoms with E-state index in [4.69, 9.17) is 16.0 Å². The first-order chi connectivity index (χ1) is 10.1. The average Bonchev–Trinajstić information content (AvgIpc) is 2.95. The van der Waals surface area contributed by atoms with Crippen molar-refractivity contribution >= 4 is 17.6 Å². The van der Waals surface area contributed by atoms with Crippen LogP contribution in [0.5, 0.6) is 0 Å². The van der Waals surface area contributed by atoms with Gasteiger partial charge in [-0.15, -0.1) is 0 Å². The van der Waals surface area contributed by atoms with Crippen LogP contribution in [0.25, 0.3) is 0 Å². The quantitative estimate of drug-likeness (QED) is 0.831. The van der Waals surface area contributed by atoms with Crippen LogP contribution < -0.4 is 5.32 Å². The number of hydrogen-bond donors (Lipinski definition) is 1. The van der Waals surface area contributed by atoms with Crippen LogP contribution >= 0.6 is 11.6 Å². The van der Waals surface area contributed by atoms with Gasteiger partial charge in [-0.25, -0.2) is 4.79 Å². The summed E-state index contributed by atoms with van der Waals surface area (Å²) in [7, 11) is 1.34. The van der Waals surface area contributed by atoms with E-state index < -0.39 is 5.97 Å². The van der Waals surface area contributed by atoms with Gasteiger partial charge in [0.15, 0.2) is 0 Å². The first kappa shape index (κ1) is 15.6. The number of hydrogen-bond acceptors (Lipinski definition) is 4. The molecule has 0 aliphatic heterocycles. The number of rotatable bonds is 6. The predicted molar refractivity (Wildman–Crippen MR) is 81.5 cm³/mol. The minimum Gasteiger partial charge on any atom is -0.463 e. The maximum Gasteiger partial charge on any atom is 0.374 e. The summed E-state index contributed by atoms with van der Waals surface area (Å²) < 4.78 is 9.83. The highest BCUT2D eigenvalue weighted by Crippen LogP contribution is 2.17. The molecule has 2 aromatic rings. The Kier molecular flexibility index (Phi) is 5.42. The minimum absolute atomic E-state index is 0.213. The second kappa shape index (κ2) is 7.29. The van der Waals surface area contributed by atoms with Gasteiger partial charge in [0.2, 0.25) is 5.76 Å². The molecule has 0 saturated carbocycles. The summed E-state index contributed by atoms with van der Waals surface area (Å²) in [4.78, 5) is 11.5. The van der Waals surface area contributed by atoms with Crippen molar-refractivity contribution in [2.75, 3.05) is 7.11 Å². The van der Waals surface area contributed by atoms with E-state index in [-0.39, 0.29) is 11.8 Å². The highest BCUT2D eigenvalue weighted by atomic mass is 35.5. The van der Waals surface area contributed by atoms with E-state index in [2.05, 4.69) is 17.0 Å². The Bertz CT molecular complexity index is 609. The maximum absolute atomic E-state index is 11.5. The van der Waals surface area contributed by atoms with Crippen LogP contribution in [0.15, 0.2) is 41.0 Å². The molecule has 1 atom stereocenters. The van der Waals surface area contributed by atoms with Gasteiger partial charge in [-0.2, -0.15) is 0 Å². The molecule has 0 spiro atoms. The van der Waals surface area contributed by atoms with Gasteiger partial charge in [0, 0.05) is 23.2 Å². The molecule has 0 aliphatic rings. The SMILES string of the molecule is COC(=O)c1occc1CNC(C)Cc1ccccc1Cl. The fourth-order valence-electron chi connectivity index (χ4n) is 2.10. The number of furan rings is 1. The second-order valence-electron chi connectivity index (χ2n) is 4.84. The zero-order valence-electron chi connectivity index (χ0n) is 12.1. The Balaban J connectivity index is 1.93. The second-order valence-corrected chi connectivity index (χ2v) is 5.25. The van der Waals surface area contributed by atoms with Crippen molar-refractivity contribution in [3.63, 3.8) is 0 Å². The van der Waals surface area contributed by atoms with Crippen molar-refractivity contribution in [3.8, 4) is 0 Å². The summed E-state index contributed by atoms with van der Waals surface area (Å²) in [5.74, 6) is -0.217. The van der Waals surface area contributed by atoms with E-state index >= 15 is 0 Å². The first-order valence-electron chi connectivity index (χ1n) is 6.73. The molecule has 5 heteroatoms. The number of carbonyl (C=O) groups is 1. The van der Waals surface area contributed by atoms with E-state index in [1.165, 1.54) is 13.4 Å². The van der Waals surface area contributed by atoms with E-state index in [1.807, 2.05) is 24.3 Å². The average molecular weight is 308 g/mol. The molecule has 1 unspecified atom stereocenters. The lowest BCUT2D eigenvalue weighted by atomic mass is 10.1. The van der Waals surface area contributed by atoms with Gasteiger partial charge in [-0.05, 0) is 31.0 Å². The van der Waals surface area contributed by atoms with Gasteiger partial charge in [0.25, 0.3) is 0 Å². The summed E-state index contributed by atoms with van der Waals surface area (Å²) in [6.07, 6.45) is 2.30. The highest BCUT2D eigenvalue weighted by Gasteiger charge is 2.16. The number of halogens is 1. The van der Waals surface area contributed by atoms with Gasteiger partial charge in [0.1, 0.15) is 0 Å². The molecule has 1 aromatic heterocycles. The van der Waals surface area contributed by atoms with Crippen molar-refractivity contribution in [1.29, 1.82) is 0 Å². The summed E-state index contributed by atoms with van der Waals surface area (Å²) in [6, 6.07) is 9.76. The molecule has 1 heterocycles. The van der Waals surface area contributed by atoms with Crippen LogP contribution in [-0.4, -0.2) is 19.1 Å². The molecule has 0 aliphatic carbocycles. The lowest BCUT2D eigenvalue weighted by Crippen LogP contribution is -2.28. The monoisotopic (exact) mass is 307 g/mol. The zero-order chi connectivity index (χ0) is 15.2. The Hall–Kier alpha value is -1.78. The third-order valence-corrected chi connectivity index (χ3v) is 3.61. The molecule has 21 heavy (non-hydrogen) atoms. The van der Waals surface area contributed by atoms with Crippen LogP contribution in [0.1, 0.15) is 28.6 Å². The Morgan fingerprint density at radius 3 is 2.81 bits per heavy atom. The lowest BCUT2D eigenvalue weighted by Gasteiger charge is -2.14. The molecule has 0 saturated heterocycles. The molecule has 0 radical (unpaired) electrons. The van der Waals surface area contributed by atoms with Gasteiger partial charge in [-0.1, -0.05) is 29.8 Å². The van der Waals surface area contributed by atoms with Crippen LogP contribution in [0.3, 0.4) is 0 Å². The number of benzene rings is 1. The largest absolute Gasteiger partial charge is 0.463 e. The molecule has 0 amide bonds. The summed E-state index contributed by atoms with van der Waals surface area (Å²) in [6.45, 7) is 2.60. The molecule has 0 fully saturated rings. The number of nitrogens with one attached hydrogen (secondary N) is 1. The molecule has 2 rings (SSSR count). The smallest absolute Gasteiger partial charge is 0.374 e. The zero-order valence-corrected chi connectivity index (χ0v) is 12.8. The molecule has 0 bridgehead atoms. The maximum atomic E-state index is 11.5. The summed E-state index contributed by atoms with van der Waals surface area (Å²) in [5, 5.41) is 4.12. The van der Waals surface area contributed by atoms with Crippen LogP contribution in [0, 0.1) is 0 Å². The number of ether oxygens (including phenoxy) is 1. The molecule has 112 valence electrons. The Labute approximate surface area is 129 Å². The summed E-state index contributed by atoms with van der Waals surface area (Å²) in [5.41, 5.74) is 1.88. The fraction of sp³-hybridized carbons (Fsp3) is 0.312. The van der Waals surface area contributed by atoms with Crippen molar-refractivity contribution in [3.05, 3.63) is 58.5 Å². The molecular formula is C16H18ClNO3. The molecule has 4 nitrogen and oxygen atoms in total. The lowest BCUT2D eigenvalue weighted by molar-refractivity contribution is 0.0563. The normalized spacial score (nSPS) is 12.1. The van der Waals surface area contributed by atoms with Crippen molar-refractivity contribution in [2.45, 2.75) is 25.9 Å². The van der Waals surface area contributed by atoms with Crippen molar-refractivity contribution < 1.29 is 13.9 Å². The topological polar surface area (TPSA) is 51.5 Å². The minimum atomic E-state index is -0.462. The molecule has 1 aromatic carbocycles. The van der Waals surface area contributed by atoms with Gasteiger partial charge in [0.05, 0.1) is 13.4 Å². The van der Waals surface area contributed by atoms with Gasteiger partial charge in [-0.3, -0.25) is 0 Å². The Morgan fingerprint density at radius 2 is 2.10 bits per heavy atom. The third-order valence-electron chi connectivity index (χ3n) is 3.24. The van der Waals surface area contributed by atoms with E-state index in [0.29, 0.717) is 6.54 Å². The van der Waals surface area contributed by atoms with Gasteiger partial charge < -0.3 is 14.5 Å². The summed E-state index contributed by atoms with van der Waals surface area (Å²) >= 11 is 6.15. The van der Waals surface area contributed by atoms with Crippen molar-refractivity contribution in [1.82, 2.24) is 5.32 Å². The third kappa shape index (κ3) is 4.09. The van der Waals surface area contributed by atoms with Crippen LogP contribution in [0.4, 0.5) is 0 Å². The van der Waals surface area contributed by atoms with E-state index in [9.17, 15) is 4.79 Å². The van der Waals surface area contributed by atoms with E-state index in [0.717, 1.165) is 22.6 Å². The molecular weight excluding hydrogens is 290 g/mol.